The van der Waals surface area contributed by atoms with E-state index in [-0.39, 0.29) is 18.0 Å². The van der Waals surface area contributed by atoms with Crippen LogP contribution in [-0.2, 0) is 13.0 Å². The molecule has 25 heavy (non-hydrogen) atoms. The molecular weight excluding hydrogens is 316 g/mol. The van der Waals surface area contributed by atoms with Crippen LogP contribution in [0.5, 0.6) is 0 Å². The molecule has 0 saturated heterocycles. The van der Waals surface area contributed by atoms with Gasteiger partial charge in [0.25, 0.3) is 5.69 Å². The highest BCUT2D eigenvalue weighted by Gasteiger charge is 2.15. The Hall–Kier alpha value is -3.34. The van der Waals surface area contributed by atoms with E-state index in [4.69, 9.17) is 0 Å². The fraction of sp³-hybridized carbons (Fsp3) is 0.100. The Labute approximate surface area is 145 Å². The van der Waals surface area contributed by atoms with Gasteiger partial charge in [0.15, 0.2) is 12.4 Å². The third-order valence-corrected chi connectivity index (χ3v) is 3.92. The molecule has 0 saturated carbocycles. The van der Waals surface area contributed by atoms with Crippen LogP contribution in [-0.4, -0.2) is 10.7 Å². The van der Waals surface area contributed by atoms with Gasteiger partial charge in [-0.25, -0.2) is 0 Å². The number of carbonyl (C=O) groups excluding carboxylic acids is 1. The van der Waals surface area contributed by atoms with Gasteiger partial charge in [0.1, 0.15) is 0 Å². The van der Waals surface area contributed by atoms with Gasteiger partial charge in [0, 0.05) is 29.8 Å². The van der Waals surface area contributed by atoms with Gasteiger partial charge >= 0.3 is 0 Å². The number of hydrogen-bond donors (Lipinski definition) is 0. The molecular formula is C20H17N2O3+. The van der Waals surface area contributed by atoms with Crippen LogP contribution >= 0.6 is 0 Å². The highest BCUT2D eigenvalue weighted by Crippen LogP contribution is 2.13. The fourth-order valence-electron chi connectivity index (χ4n) is 2.59. The van der Waals surface area contributed by atoms with E-state index in [1.807, 2.05) is 42.7 Å². The molecule has 5 nitrogen and oxygen atoms in total. The summed E-state index contributed by atoms with van der Waals surface area (Å²) < 4.78 is 1.77. The van der Waals surface area contributed by atoms with Gasteiger partial charge in [-0.15, -0.1) is 0 Å². The van der Waals surface area contributed by atoms with E-state index in [2.05, 4.69) is 12.1 Å². The maximum absolute atomic E-state index is 12.3. The van der Waals surface area contributed by atoms with Crippen LogP contribution in [0.4, 0.5) is 5.69 Å². The minimum Gasteiger partial charge on any atom is -0.287 e. The van der Waals surface area contributed by atoms with Gasteiger partial charge < -0.3 is 0 Å². The fourth-order valence-corrected chi connectivity index (χ4v) is 2.59. The summed E-state index contributed by atoms with van der Waals surface area (Å²) in [6, 6.07) is 19.9. The predicted molar refractivity (Wildman–Crippen MR) is 93.3 cm³/mol. The molecule has 0 aliphatic heterocycles. The molecule has 0 radical (unpaired) electrons. The summed E-state index contributed by atoms with van der Waals surface area (Å²) in [6.07, 6.45) is 4.54. The summed E-state index contributed by atoms with van der Waals surface area (Å²) in [5.74, 6) is -0.162. The van der Waals surface area contributed by atoms with Crippen molar-refractivity contribution in [2.24, 2.45) is 0 Å². The van der Waals surface area contributed by atoms with Crippen molar-refractivity contribution in [3.63, 3.8) is 0 Å². The number of carbonyl (C=O) groups is 1. The Bertz CT molecular complexity index is 890. The monoisotopic (exact) mass is 333 g/mol. The second-order valence-electron chi connectivity index (χ2n) is 5.77. The second kappa shape index (κ2) is 7.49. The zero-order chi connectivity index (χ0) is 17.6. The quantitative estimate of drug-likeness (QED) is 0.301. The number of aromatic nitrogens is 1. The summed E-state index contributed by atoms with van der Waals surface area (Å²) >= 11 is 0. The minimum atomic E-state index is -0.498. The van der Waals surface area contributed by atoms with Crippen molar-refractivity contribution >= 4 is 11.5 Å². The largest absolute Gasteiger partial charge is 0.287 e. The average Bonchev–Trinajstić information content (AvgIpc) is 2.64. The van der Waals surface area contributed by atoms with E-state index < -0.39 is 4.92 Å². The third-order valence-electron chi connectivity index (χ3n) is 3.92. The van der Waals surface area contributed by atoms with Crippen LogP contribution < -0.4 is 4.57 Å². The Morgan fingerprint density at radius 3 is 2.28 bits per heavy atom. The highest BCUT2D eigenvalue weighted by molar-refractivity contribution is 5.95. The SMILES string of the molecule is O=C(C[n+]1ccc(Cc2ccccc2)cc1)c1cccc([N+](=O)[O-])c1. The van der Waals surface area contributed by atoms with Crippen molar-refractivity contribution < 1.29 is 14.3 Å². The molecule has 0 bridgehead atoms. The van der Waals surface area contributed by atoms with Gasteiger partial charge in [0.05, 0.1) is 4.92 Å². The smallest absolute Gasteiger partial charge is 0.270 e. The molecule has 2 aromatic carbocycles. The predicted octanol–water partition coefficient (Wildman–Crippen LogP) is 3.36. The van der Waals surface area contributed by atoms with Gasteiger partial charge in [-0.05, 0) is 17.5 Å². The number of ketones is 1. The number of rotatable bonds is 6. The first-order valence-electron chi connectivity index (χ1n) is 7.91. The molecule has 124 valence electrons. The second-order valence-corrected chi connectivity index (χ2v) is 5.77. The van der Waals surface area contributed by atoms with E-state index in [0.29, 0.717) is 5.56 Å². The van der Waals surface area contributed by atoms with Crippen LogP contribution in [0.3, 0.4) is 0 Å². The van der Waals surface area contributed by atoms with E-state index in [1.165, 1.54) is 23.8 Å². The molecule has 0 N–H and O–H groups in total. The Morgan fingerprint density at radius 1 is 0.920 bits per heavy atom. The molecule has 0 aliphatic carbocycles. The van der Waals surface area contributed by atoms with E-state index >= 15 is 0 Å². The molecule has 1 heterocycles. The first kappa shape index (κ1) is 16.5. The van der Waals surface area contributed by atoms with Crippen molar-refractivity contribution in [2.75, 3.05) is 0 Å². The lowest BCUT2D eigenvalue weighted by molar-refractivity contribution is -0.683. The van der Waals surface area contributed by atoms with E-state index in [9.17, 15) is 14.9 Å². The van der Waals surface area contributed by atoms with Crippen LogP contribution in [0.1, 0.15) is 21.5 Å². The lowest BCUT2D eigenvalue weighted by Crippen LogP contribution is -2.37. The summed E-state index contributed by atoms with van der Waals surface area (Å²) in [6.45, 7) is 0.146. The molecule has 3 aromatic rings. The summed E-state index contributed by atoms with van der Waals surface area (Å²) in [4.78, 5) is 22.6. The molecule has 1 aromatic heterocycles. The zero-order valence-electron chi connectivity index (χ0n) is 13.5. The molecule has 3 rings (SSSR count). The number of nitro benzene ring substituents is 1. The first-order valence-corrected chi connectivity index (χ1v) is 7.91. The summed E-state index contributed by atoms with van der Waals surface area (Å²) in [5, 5.41) is 10.8. The van der Waals surface area contributed by atoms with Crippen molar-refractivity contribution in [1.29, 1.82) is 0 Å². The Balaban J connectivity index is 1.68. The average molecular weight is 333 g/mol. The number of nitrogens with zero attached hydrogens (tertiary/aromatic N) is 2. The standard InChI is InChI=1S/C20H17N2O3/c23-20(18-7-4-8-19(14-18)22(24)25)15-21-11-9-17(10-12-21)13-16-5-2-1-3-6-16/h1-12,14H,13,15H2/q+1. The van der Waals surface area contributed by atoms with Gasteiger partial charge in [-0.2, -0.15) is 4.57 Å². The molecule has 0 fully saturated rings. The van der Waals surface area contributed by atoms with Crippen molar-refractivity contribution in [1.82, 2.24) is 0 Å². The normalized spacial score (nSPS) is 10.4. The van der Waals surface area contributed by atoms with Crippen LogP contribution in [0, 0.1) is 10.1 Å². The summed E-state index contributed by atoms with van der Waals surface area (Å²) in [7, 11) is 0. The molecule has 5 heteroatoms. The van der Waals surface area contributed by atoms with Crippen LogP contribution in [0.15, 0.2) is 79.1 Å². The highest BCUT2D eigenvalue weighted by atomic mass is 16.6. The van der Waals surface area contributed by atoms with Crippen molar-refractivity contribution in [3.05, 3.63) is 106 Å². The lowest BCUT2D eigenvalue weighted by atomic mass is 10.1. The van der Waals surface area contributed by atoms with Crippen molar-refractivity contribution in [2.45, 2.75) is 13.0 Å². The number of non-ortho nitro benzene ring substituents is 1. The summed E-state index contributed by atoms with van der Waals surface area (Å²) in [5.41, 5.74) is 2.65. The van der Waals surface area contributed by atoms with Gasteiger partial charge in [0.2, 0.25) is 12.3 Å². The molecule has 0 amide bonds. The maximum Gasteiger partial charge on any atom is 0.270 e. The lowest BCUT2D eigenvalue weighted by Gasteiger charge is -2.02. The minimum absolute atomic E-state index is 0.0749. The van der Waals surface area contributed by atoms with Gasteiger partial charge in [-0.3, -0.25) is 14.9 Å². The topological polar surface area (TPSA) is 64.1 Å². The van der Waals surface area contributed by atoms with Crippen molar-refractivity contribution in [3.8, 4) is 0 Å². The van der Waals surface area contributed by atoms with E-state index in [1.54, 1.807) is 10.6 Å². The number of benzene rings is 2. The number of Topliss-reactive ketones (excluding diaryl/α,β-unsaturated/α-hetero) is 1. The van der Waals surface area contributed by atoms with E-state index in [0.717, 1.165) is 12.0 Å². The number of hydrogen-bond acceptors (Lipinski definition) is 3. The third kappa shape index (κ3) is 4.35. The molecule has 0 spiro atoms. The van der Waals surface area contributed by atoms with Crippen LogP contribution in [0.25, 0.3) is 0 Å². The Morgan fingerprint density at radius 2 is 1.60 bits per heavy atom. The number of pyridine rings is 1. The zero-order valence-corrected chi connectivity index (χ0v) is 13.5. The first-order chi connectivity index (χ1) is 12.1. The maximum atomic E-state index is 12.3. The van der Waals surface area contributed by atoms with Gasteiger partial charge in [-0.1, -0.05) is 42.5 Å². The Kier molecular flexibility index (Phi) is 4.95. The molecule has 0 aliphatic rings. The molecule has 0 unspecified atom stereocenters. The molecule has 0 atom stereocenters. The number of nitro groups is 1. The van der Waals surface area contributed by atoms with Crippen LogP contribution in [0.2, 0.25) is 0 Å².